The van der Waals surface area contributed by atoms with E-state index in [-0.39, 0.29) is 5.91 Å². The van der Waals surface area contributed by atoms with Gasteiger partial charge in [-0.3, -0.25) is 4.79 Å². The fourth-order valence-electron chi connectivity index (χ4n) is 2.57. The number of benzene rings is 1. The van der Waals surface area contributed by atoms with Gasteiger partial charge >= 0.3 is 0 Å². The Morgan fingerprint density at radius 1 is 1.40 bits per heavy atom. The zero-order chi connectivity index (χ0) is 14.9. The summed E-state index contributed by atoms with van der Waals surface area (Å²) in [5.74, 6) is 0.490. The van der Waals surface area contributed by atoms with E-state index in [9.17, 15) is 4.79 Å². The molecule has 0 bridgehead atoms. The van der Waals surface area contributed by atoms with E-state index < -0.39 is 0 Å². The maximum absolute atomic E-state index is 12.4. The largest absolute Gasteiger partial charge is 0.396 e. The molecule has 0 aromatic heterocycles. The first-order chi connectivity index (χ1) is 9.38. The lowest BCUT2D eigenvalue weighted by molar-refractivity contribution is 0.0785. The number of halogens is 2. The second-order valence-electron chi connectivity index (χ2n) is 5.52. The number of rotatable bonds is 3. The summed E-state index contributed by atoms with van der Waals surface area (Å²) in [6, 6.07) is 3.18. The second-order valence-corrected chi connectivity index (χ2v) is 6.34. The molecule has 1 aliphatic heterocycles. The summed E-state index contributed by atoms with van der Waals surface area (Å²) < 4.78 is 0. The van der Waals surface area contributed by atoms with Crippen LogP contribution < -0.4 is 5.73 Å². The smallest absolute Gasteiger partial charge is 0.253 e. The minimum absolute atomic E-state index is 0.0324. The molecule has 1 saturated heterocycles. The van der Waals surface area contributed by atoms with Crippen LogP contribution in [0.25, 0.3) is 0 Å². The van der Waals surface area contributed by atoms with E-state index in [0.717, 1.165) is 26.1 Å². The topological polar surface area (TPSA) is 49.6 Å². The summed E-state index contributed by atoms with van der Waals surface area (Å²) in [7, 11) is 4.09. The molecule has 0 unspecified atom stereocenters. The number of likely N-dealkylation sites (tertiary alicyclic amines) is 1. The van der Waals surface area contributed by atoms with Crippen LogP contribution in [0.1, 0.15) is 16.8 Å². The Kier molecular flexibility index (Phi) is 4.78. The van der Waals surface area contributed by atoms with Gasteiger partial charge in [0.1, 0.15) is 0 Å². The van der Waals surface area contributed by atoms with Crippen molar-refractivity contribution in [3.05, 3.63) is 27.7 Å². The number of carbonyl (C=O) groups excluding carboxylic acids is 1. The van der Waals surface area contributed by atoms with Crippen LogP contribution in [-0.2, 0) is 0 Å². The average Bonchev–Trinajstić information content (AvgIpc) is 2.82. The van der Waals surface area contributed by atoms with Crippen LogP contribution in [0.4, 0.5) is 5.69 Å². The summed E-state index contributed by atoms with van der Waals surface area (Å²) in [4.78, 5) is 16.5. The van der Waals surface area contributed by atoms with Gasteiger partial charge in [0.05, 0.1) is 15.7 Å². The zero-order valence-corrected chi connectivity index (χ0v) is 13.2. The van der Waals surface area contributed by atoms with E-state index in [1.807, 2.05) is 19.0 Å². The fraction of sp³-hybridized carbons (Fsp3) is 0.500. The monoisotopic (exact) mass is 315 g/mol. The Balaban J connectivity index is 2.09. The van der Waals surface area contributed by atoms with E-state index in [2.05, 4.69) is 4.90 Å². The van der Waals surface area contributed by atoms with Crippen LogP contribution in [0.3, 0.4) is 0 Å². The molecule has 0 saturated carbocycles. The molecule has 2 N–H and O–H groups in total. The van der Waals surface area contributed by atoms with Crippen molar-refractivity contribution in [2.75, 3.05) is 39.5 Å². The number of anilines is 1. The average molecular weight is 316 g/mol. The van der Waals surface area contributed by atoms with Crippen LogP contribution in [-0.4, -0.2) is 49.4 Å². The first-order valence-electron chi connectivity index (χ1n) is 6.57. The van der Waals surface area contributed by atoms with Gasteiger partial charge < -0.3 is 15.5 Å². The molecule has 1 heterocycles. The van der Waals surface area contributed by atoms with Crippen molar-refractivity contribution in [1.29, 1.82) is 0 Å². The second kappa shape index (κ2) is 6.20. The number of hydrogen-bond acceptors (Lipinski definition) is 3. The van der Waals surface area contributed by atoms with E-state index in [1.165, 1.54) is 0 Å². The van der Waals surface area contributed by atoms with Crippen LogP contribution in [0, 0.1) is 5.92 Å². The van der Waals surface area contributed by atoms with Crippen molar-refractivity contribution in [3.63, 3.8) is 0 Å². The molecule has 2 rings (SSSR count). The Morgan fingerprint density at radius 3 is 2.55 bits per heavy atom. The Bertz CT molecular complexity index is 496. The van der Waals surface area contributed by atoms with Crippen LogP contribution in [0.5, 0.6) is 0 Å². The van der Waals surface area contributed by atoms with E-state index in [1.54, 1.807) is 12.1 Å². The molecule has 6 heteroatoms. The van der Waals surface area contributed by atoms with Crippen molar-refractivity contribution in [2.45, 2.75) is 6.42 Å². The van der Waals surface area contributed by atoms with Crippen LogP contribution >= 0.6 is 23.2 Å². The van der Waals surface area contributed by atoms with Crippen molar-refractivity contribution < 1.29 is 4.79 Å². The van der Waals surface area contributed by atoms with Crippen molar-refractivity contribution in [2.24, 2.45) is 5.92 Å². The van der Waals surface area contributed by atoms with Gasteiger partial charge in [0, 0.05) is 25.2 Å². The molecule has 1 atom stereocenters. The Labute approximate surface area is 129 Å². The third-order valence-corrected chi connectivity index (χ3v) is 4.15. The summed E-state index contributed by atoms with van der Waals surface area (Å²) in [5.41, 5.74) is 6.50. The zero-order valence-electron chi connectivity index (χ0n) is 11.7. The minimum atomic E-state index is -0.0324. The van der Waals surface area contributed by atoms with Crippen molar-refractivity contribution in [1.82, 2.24) is 9.80 Å². The summed E-state index contributed by atoms with van der Waals surface area (Å²) in [6.45, 7) is 2.54. The van der Waals surface area contributed by atoms with E-state index in [4.69, 9.17) is 28.9 Å². The van der Waals surface area contributed by atoms with Gasteiger partial charge in [-0.1, -0.05) is 23.2 Å². The lowest BCUT2D eigenvalue weighted by atomic mass is 10.1. The summed E-state index contributed by atoms with van der Waals surface area (Å²) in [6.07, 6.45) is 1.03. The Hall–Kier alpha value is -0.970. The minimum Gasteiger partial charge on any atom is -0.396 e. The van der Waals surface area contributed by atoms with Gasteiger partial charge in [-0.15, -0.1) is 0 Å². The molecule has 1 amide bonds. The third-order valence-electron chi connectivity index (χ3n) is 3.52. The molecule has 1 aliphatic rings. The highest BCUT2D eigenvalue weighted by Gasteiger charge is 2.27. The van der Waals surface area contributed by atoms with Crippen LogP contribution in [0.15, 0.2) is 12.1 Å². The van der Waals surface area contributed by atoms with Crippen LogP contribution in [0.2, 0.25) is 10.0 Å². The first kappa shape index (κ1) is 15.4. The molecular formula is C14H19Cl2N3O. The lowest BCUT2D eigenvalue weighted by Crippen LogP contribution is -2.30. The number of nitrogens with zero attached hydrogens (tertiary/aromatic N) is 2. The van der Waals surface area contributed by atoms with Gasteiger partial charge in [-0.2, -0.15) is 0 Å². The number of carbonyl (C=O) groups is 1. The normalized spacial score (nSPS) is 18.9. The lowest BCUT2D eigenvalue weighted by Gasteiger charge is -2.19. The van der Waals surface area contributed by atoms with E-state index in [0.29, 0.717) is 27.2 Å². The number of nitrogens with two attached hydrogens (primary N) is 1. The maximum Gasteiger partial charge on any atom is 0.253 e. The van der Waals surface area contributed by atoms with Gasteiger partial charge in [0.25, 0.3) is 5.91 Å². The maximum atomic E-state index is 12.4. The van der Waals surface area contributed by atoms with Gasteiger partial charge in [-0.25, -0.2) is 0 Å². The molecule has 0 aliphatic carbocycles. The van der Waals surface area contributed by atoms with Gasteiger partial charge in [-0.05, 0) is 38.6 Å². The molecule has 1 aromatic rings. The number of hydrogen-bond donors (Lipinski definition) is 1. The van der Waals surface area contributed by atoms with Gasteiger partial charge in [0.15, 0.2) is 0 Å². The fourth-order valence-corrected chi connectivity index (χ4v) is 3.06. The highest BCUT2D eigenvalue weighted by molar-refractivity contribution is 6.39. The molecule has 1 fully saturated rings. The quantitative estimate of drug-likeness (QED) is 0.872. The third kappa shape index (κ3) is 3.37. The predicted octanol–water partition coefficient (Wildman–Crippen LogP) is 2.60. The highest BCUT2D eigenvalue weighted by atomic mass is 35.5. The van der Waals surface area contributed by atoms with E-state index >= 15 is 0 Å². The van der Waals surface area contributed by atoms with Gasteiger partial charge in [0.2, 0.25) is 0 Å². The highest BCUT2D eigenvalue weighted by Crippen LogP contribution is 2.30. The number of amides is 1. The first-order valence-corrected chi connectivity index (χ1v) is 7.32. The SMILES string of the molecule is CN(C)C[C@H]1CCN(C(=O)c2cc(Cl)c(N)c(Cl)c2)C1. The van der Waals surface area contributed by atoms with Crippen molar-refractivity contribution >= 4 is 34.8 Å². The molecule has 20 heavy (non-hydrogen) atoms. The Morgan fingerprint density at radius 2 is 2.00 bits per heavy atom. The predicted molar refractivity (Wildman–Crippen MR) is 83.4 cm³/mol. The molecule has 1 aromatic carbocycles. The molecule has 0 radical (unpaired) electrons. The molecule has 0 spiro atoms. The van der Waals surface area contributed by atoms with Crippen molar-refractivity contribution in [3.8, 4) is 0 Å². The molecular weight excluding hydrogens is 297 g/mol. The standard InChI is InChI=1S/C14H19Cl2N3O/c1-18(2)7-9-3-4-19(8-9)14(20)10-5-11(15)13(17)12(16)6-10/h5-6,9H,3-4,7-8,17H2,1-2H3/t9-/m1/s1. The summed E-state index contributed by atoms with van der Waals surface area (Å²) >= 11 is 12.0. The summed E-state index contributed by atoms with van der Waals surface area (Å²) in [5, 5.41) is 0.648. The molecule has 4 nitrogen and oxygen atoms in total. The molecule has 110 valence electrons. The number of nitrogen functional groups attached to an aromatic ring is 1.